The molecule has 2 rings (SSSR count). The van der Waals surface area contributed by atoms with Gasteiger partial charge in [0.05, 0.1) is 13.7 Å². The van der Waals surface area contributed by atoms with Crippen molar-refractivity contribution in [3.8, 4) is 5.75 Å². The molecule has 1 fully saturated rings. The number of aliphatic imine (C=N–C) groups is 1. The van der Waals surface area contributed by atoms with Crippen molar-refractivity contribution in [2.75, 3.05) is 33.8 Å². The van der Waals surface area contributed by atoms with Crippen LogP contribution < -0.4 is 15.4 Å². The maximum atomic E-state index is 12.1. The van der Waals surface area contributed by atoms with Gasteiger partial charge in [0.2, 0.25) is 5.91 Å². The van der Waals surface area contributed by atoms with Crippen LogP contribution >= 0.6 is 24.0 Å². The summed E-state index contributed by atoms with van der Waals surface area (Å²) in [7, 11) is 3.35. The van der Waals surface area contributed by atoms with Crippen molar-refractivity contribution in [2.45, 2.75) is 25.8 Å². The van der Waals surface area contributed by atoms with Gasteiger partial charge in [-0.1, -0.05) is 12.1 Å². The van der Waals surface area contributed by atoms with Crippen molar-refractivity contribution in [1.82, 2.24) is 15.5 Å². The SMILES string of the molecule is CN=C(NCC(=O)N1CCCCC1)NCc1cccc(OC)c1.I. The molecule has 0 bridgehead atoms. The van der Waals surface area contributed by atoms with Gasteiger partial charge in [0.25, 0.3) is 0 Å². The highest BCUT2D eigenvalue weighted by Gasteiger charge is 2.16. The summed E-state index contributed by atoms with van der Waals surface area (Å²) >= 11 is 0. The molecule has 24 heavy (non-hydrogen) atoms. The maximum Gasteiger partial charge on any atom is 0.241 e. The molecule has 134 valence electrons. The molecular formula is C17H27IN4O2. The minimum atomic E-state index is 0. The Morgan fingerprint density at radius 2 is 2.00 bits per heavy atom. The summed E-state index contributed by atoms with van der Waals surface area (Å²) in [5.41, 5.74) is 1.09. The maximum absolute atomic E-state index is 12.1. The predicted octanol–water partition coefficient (Wildman–Crippen LogP) is 1.99. The summed E-state index contributed by atoms with van der Waals surface area (Å²) < 4.78 is 5.21. The number of methoxy groups -OCH3 is 1. The summed E-state index contributed by atoms with van der Waals surface area (Å²) in [6.45, 7) is 2.64. The highest BCUT2D eigenvalue weighted by molar-refractivity contribution is 14.0. The molecule has 0 saturated carbocycles. The Hall–Kier alpha value is -1.51. The lowest BCUT2D eigenvalue weighted by atomic mass is 10.1. The molecule has 1 saturated heterocycles. The monoisotopic (exact) mass is 446 g/mol. The van der Waals surface area contributed by atoms with Crippen LogP contribution in [0.2, 0.25) is 0 Å². The lowest BCUT2D eigenvalue weighted by molar-refractivity contribution is -0.130. The number of rotatable bonds is 5. The van der Waals surface area contributed by atoms with Gasteiger partial charge in [0.15, 0.2) is 5.96 Å². The summed E-state index contributed by atoms with van der Waals surface area (Å²) in [6.07, 6.45) is 3.43. The second kappa shape index (κ2) is 11.1. The highest BCUT2D eigenvalue weighted by Crippen LogP contribution is 2.12. The van der Waals surface area contributed by atoms with E-state index in [0.29, 0.717) is 12.5 Å². The fraction of sp³-hybridized carbons (Fsp3) is 0.529. The van der Waals surface area contributed by atoms with E-state index in [0.717, 1.165) is 37.2 Å². The number of piperidine rings is 1. The van der Waals surface area contributed by atoms with Gasteiger partial charge >= 0.3 is 0 Å². The summed E-state index contributed by atoms with van der Waals surface area (Å²) in [5.74, 6) is 1.58. The van der Waals surface area contributed by atoms with Gasteiger partial charge in [0.1, 0.15) is 5.75 Å². The van der Waals surface area contributed by atoms with Crippen LogP contribution in [0.4, 0.5) is 0 Å². The number of ether oxygens (including phenoxy) is 1. The summed E-state index contributed by atoms with van der Waals surface area (Å²) in [6, 6.07) is 7.85. The predicted molar refractivity (Wildman–Crippen MR) is 107 cm³/mol. The fourth-order valence-electron chi connectivity index (χ4n) is 2.60. The molecule has 0 spiro atoms. The number of likely N-dealkylation sites (tertiary alicyclic amines) is 1. The first-order valence-corrected chi connectivity index (χ1v) is 8.08. The van der Waals surface area contributed by atoms with Crippen LogP contribution in [-0.2, 0) is 11.3 Å². The number of nitrogens with one attached hydrogen (secondary N) is 2. The van der Waals surface area contributed by atoms with E-state index in [1.807, 2.05) is 29.2 Å². The molecule has 1 aliphatic rings. The number of hydrogen-bond acceptors (Lipinski definition) is 3. The van der Waals surface area contributed by atoms with E-state index in [2.05, 4.69) is 15.6 Å². The third kappa shape index (κ3) is 6.54. The fourth-order valence-corrected chi connectivity index (χ4v) is 2.60. The Kier molecular flexibility index (Phi) is 9.51. The van der Waals surface area contributed by atoms with Crippen molar-refractivity contribution < 1.29 is 9.53 Å². The number of halogens is 1. The molecule has 0 unspecified atom stereocenters. The molecular weight excluding hydrogens is 419 g/mol. The Labute approximate surface area is 161 Å². The Morgan fingerprint density at radius 1 is 1.25 bits per heavy atom. The Bertz CT molecular complexity index is 545. The molecule has 1 aliphatic heterocycles. The zero-order valence-corrected chi connectivity index (χ0v) is 16.7. The lowest BCUT2D eigenvalue weighted by Gasteiger charge is -2.27. The number of carbonyl (C=O) groups is 1. The molecule has 0 radical (unpaired) electrons. The average Bonchev–Trinajstić information content (AvgIpc) is 2.62. The minimum Gasteiger partial charge on any atom is -0.497 e. The number of hydrogen-bond donors (Lipinski definition) is 2. The number of guanidine groups is 1. The number of carbonyl (C=O) groups excluding carboxylic acids is 1. The van der Waals surface area contributed by atoms with Gasteiger partial charge < -0.3 is 20.3 Å². The lowest BCUT2D eigenvalue weighted by Crippen LogP contribution is -2.45. The molecule has 1 aromatic carbocycles. The van der Waals surface area contributed by atoms with Gasteiger partial charge in [-0.2, -0.15) is 0 Å². The smallest absolute Gasteiger partial charge is 0.241 e. The van der Waals surface area contributed by atoms with E-state index in [1.165, 1.54) is 6.42 Å². The van der Waals surface area contributed by atoms with E-state index in [4.69, 9.17) is 4.74 Å². The second-order valence-electron chi connectivity index (χ2n) is 5.57. The first-order valence-electron chi connectivity index (χ1n) is 8.08. The van der Waals surface area contributed by atoms with Crippen LogP contribution in [0.5, 0.6) is 5.75 Å². The van der Waals surface area contributed by atoms with Crippen LogP contribution in [0, 0.1) is 0 Å². The van der Waals surface area contributed by atoms with Gasteiger partial charge in [-0.25, -0.2) is 0 Å². The second-order valence-corrected chi connectivity index (χ2v) is 5.57. The standard InChI is InChI=1S/C17H26N4O2.HI/c1-18-17(19-12-14-7-6-8-15(11-14)23-2)20-13-16(22)21-9-4-3-5-10-21;/h6-8,11H,3-5,9-10,12-13H2,1-2H3,(H2,18,19,20);1H. The molecule has 1 aromatic rings. The summed E-state index contributed by atoms with van der Waals surface area (Å²) in [4.78, 5) is 18.2. The first-order chi connectivity index (χ1) is 11.2. The van der Waals surface area contributed by atoms with Crippen molar-refractivity contribution in [3.05, 3.63) is 29.8 Å². The third-order valence-corrected chi connectivity index (χ3v) is 3.93. The molecule has 0 aliphatic carbocycles. The van der Waals surface area contributed by atoms with E-state index in [-0.39, 0.29) is 36.4 Å². The third-order valence-electron chi connectivity index (χ3n) is 3.93. The first kappa shape index (κ1) is 20.5. The van der Waals surface area contributed by atoms with E-state index < -0.39 is 0 Å². The quantitative estimate of drug-likeness (QED) is 0.413. The molecule has 7 heteroatoms. The number of benzene rings is 1. The molecule has 6 nitrogen and oxygen atoms in total. The van der Waals surface area contributed by atoms with E-state index >= 15 is 0 Å². The van der Waals surface area contributed by atoms with Gasteiger partial charge in [-0.05, 0) is 37.0 Å². The van der Waals surface area contributed by atoms with Gasteiger partial charge in [-0.3, -0.25) is 9.79 Å². The Balaban J connectivity index is 0.00000288. The van der Waals surface area contributed by atoms with Crippen molar-refractivity contribution in [1.29, 1.82) is 0 Å². The molecule has 2 N–H and O–H groups in total. The highest BCUT2D eigenvalue weighted by atomic mass is 127. The van der Waals surface area contributed by atoms with Crippen molar-refractivity contribution >= 4 is 35.8 Å². The largest absolute Gasteiger partial charge is 0.497 e. The van der Waals surface area contributed by atoms with Gasteiger partial charge in [0, 0.05) is 26.7 Å². The van der Waals surface area contributed by atoms with Crippen molar-refractivity contribution in [2.24, 2.45) is 4.99 Å². The normalized spacial score (nSPS) is 14.6. The molecule has 1 amide bonds. The van der Waals surface area contributed by atoms with Crippen LogP contribution in [0.15, 0.2) is 29.3 Å². The van der Waals surface area contributed by atoms with Crippen LogP contribution in [0.1, 0.15) is 24.8 Å². The molecule has 0 atom stereocenters. The van der Waals surface area contributed by atoms with Crippen LogP contribution in [-0.4, -0.2) is 50.6 Å². The van der Waals surface area contributed by atoms with Gasteiger partial charge in [-0.15, -0.1) is 24.0 Å². The van der Waals surface area contributed by atoms with Crippen LogP contribution in [0.25, 0.3) is 0 Å². The Morgan fingerprint density at radius 3 is 2.67 bits per heavy atom. The zero-order chi connectivity index (χ0) is 16.5. The average molecular weight is 446 g/mol. The summed E-state index contributed by atoms with van der Waals surface area (Å²) in [5, 5.41) is 6.29. The van der Waals surface area contributed by atoms with Crippen molar-refractivity contribution in [3.63, 3.8) is 0 Å². The molecule has 1 heterocycles. The topological polar surface area (TPSA) is 66.0 Å². The number of amides is 1. The molecule has 0 aromatic heterocycles. The van der Waals surface area contributed by atoms with Crippen LogP contribution in [0.3, 0.4) is 0 Å². The van der Waals surface area contributed by atoms with E-state index in [1.54, 1.807) is 14.2 Å². The van der Waals surface area contributed by atoms with E-state index in [9.17, 15) is 4.79 Å². The zero-order valence-electron chi connectivity index (χ0n) is 14.4. The number of nitrogens with zero attached hydrogens (tertiary/aromatic N) is 2. The minimum absolute atomic E-state index is 0.